The van der Waals surface area contributed by atoms with Crippen molar-refractivity contribution in [1.29, 1.82) is 0 Å². The van der Waals surface area contributed by atoms with Crippen molar-refractivity contribution < 1.29 is 0 Å². The van der Waals surface area contributed by atoms with Gasteiger partial charge in [-0.05, 0) is 6.42 Å². The van der Waals surface area contributed by atoms with Gasteiger partial charge in [0, 0.05) is 0 Å². The Morgan fingerprint density at radius 1 is 0.833 bits per heavy atom. The van der Waals surface area contributed by atoms with Crippen molar-refractivity contribution in [3.8, 4) is 0 Å². The summed E-state index contributed by atoms with van der Waals surface area (Å²) in [7, 11) is 0. The van der Waals surface area contributed by atoms with Crippen LogP contribution in [-0.4, -0.2) is 0 Å². The molecule has 12 heavy (non-hydrogen) atoms. The molecule has 0 unspecified atom stereocenters. The normalized spacial score (nSPS) is 12.8. The third kappa shape index (κ3) is 8.70. The van der Waals surface area contributed by atoms with Crippen LogP contribution >= 0.6 is 0 Å². The minimum Gasteiger partial charge on any atom is -0.0848 e. The summed E-state index contributed by atoms with van der Waals surface area (Å²) < 4.78 is 0. The quantitative estimate of drug-likeness (QED) is 0.537. The molecule has 0 aliphatic rings. The zero-order chi connectivity index (χ0) is 9.07. The first-order chi connectivity index (χ1) is 5.91. The highest BCUT2D eigenvalue weighted by molar-refractivity contribution is 5.16. The van der Waals surface area contributed by atoms with Crippen molar-refractivity contribution in [2.24, 2.45) is 0 Å². The molecule has 0 N–H and O–H groups in total. The summed E-state index contributed by atoms with van der Waals surface area (Å²) in [6.45, 7) is 7.25. The first kappa shape index (κ1) is 10.7. The number of allylic oxidation sites excluding steroid dienone is 9. The molecule has 0 nitrogen and oxygen atoms in total. The summed E-state index contributed by atoms with van der Waals surface area (Å²) in [5, 5.41) is 0. The van der Waals surface area contributed by atoms with Crippen molar-refractivity contribution in [3.63, 3.8) is 0 Å². The van der Waals surface area contributed by atoms with E-state index >= 15 is 0 Å². The summed E-state index contributed by atoms with van der Waals surface area (Å²) >= 11 is 0. The lowest BCUT2D eigenvalue weighted by molar-refractivity contribution is 1.22. The van der Waals surface area contributed by atoms with E-state index in [1.54, 1.807) is 6.08 Å². The maximum Gasteiger partial charge on any atom is -0.0376 e. The van der Waals surface area contributed by atoms with E-state index in [9.17, 15) is 0 Å². The fourth-order valence-corrected chi connectivity index (χ4v) is 0.600. The van der Waals surface area contributed by atoms with Crippen molar-refractivity contribution in [2.45, 2.75) is 13.3 Å². The van der Waals surface area contributed by atoms with E-state index in [4.69, 9.17) is 6.58 Å². The van der Waals surface area contributed by atoms with Gasteiger partial charge in [-0.1, -0.05) is 68.2 Å². The molecule has 0 aliphatic heterocycles. The van der Waals surface area contributed by atoms with Crippen LogP contribution < -0.4 is 0 Å². The monoisotopic (exact) mass is 159 g/mol. The summed E-state index contributed by atoms with van der Waals surface area (Å²) in [5.74, 6) is 0. The Kier molecular flexibility index (Phi) is 8.65. The number of hydrogen-bond acceptors (Lipinski definition) is 0. The lowest BCUT2D eigenvalue weighted by Crippen LogP contribution is -1.52. The van der Waals surface area contributed by atoms with Crippen LogP contribution in [0, 0.1) is 6.58 Å². The Balaban J connectivity index is 3.58. The Morgan fingerprint density at radius 2 is 1.33 bits per heavy atom. The highest BCUT2D eigenvalue weighted by atomic mass is 13.7. The Bertz CT molecular complexity index is 202. The van der Waals surface area contributed by atoms with E-state index in [2.05, 4.69) is 13.0 Å². The van der Waals surface area contributed by atoms with Gasteiger partial charge in [0.15, 0.2) is 0 Å². The second kappa shape index (κ2) is 9.70. The average molecular weight is 159 g/mol. The maximum absolute atomic E-state index is 5.13. The second-order valence-electron chi connectivity index (χ2n) is 2.18. The highest BCUT2D eigenvalue weighted by Gasteiger charge is 1.62. The Hall–Kier alpha value is -1.30. The molecule has 0 aromatic carbocycles. The molecule has 0 aromatic heterocycles. The standard InChI is InChI=1S/C12H15/c1-3-5-7-9-11-12-10-8-6-4-2/h1,3,5-12H,4H2,2H3. The van der Waals surface area contributed by atoms with Crippen LogP contribution in [0.25, 0.3) is 0 Å². The van der Waals surface area contributed by atoms with Gasteiger partial charge in [0.2, 0.25) is 0 Å². The van der Waals surface area contributed by atoms with E-state index in [0.717, 1.165) is 6.42 Å². The first-order valence-electron chi connectivity index (χ1n) is 4.12. The van der Waals surface area contributed by atoms with Crippen molar-refractivity contribution >= 4 is 0 Å². The molecule has 0 aromatic rings. The lowest BCUT2D eigenvalue weighted by atomic mass is 10.3. The van der Waals surface area contributed by atoms with Crippen LogP contribution in [0.5, 0.6) is 0 Å². The number of rotatable bonds is 5. The molecule has 0 heteroatoms. The van der Waals surface area contributed by atoms with Crippen LogP contribution in [0.1, 0.15) is 13.3 Å². The Morgan fingerprint density at radius 3 is 1.83 bits per heavy atom. The Labute approximate surface area is 75.3 Å². The van der Waals surface area contributed by atoms with Gasteiger partial charge in [-0.2, -0.15) is 0 Å². The van der Waals surface area contributed by atoms with E-state index in [-0.39, 0.29) is 0 Å². The second-order valence-corrected chi connectivity index (χ2v) is 2.18. The lowest BCUT2D eigenvalue weighted by Gasteiger charge is -1.74. The molecule has 1 radical (unpaired) electrons. The molecule has 0 saturated heterocycles. The summed E-state index contributed by atoms with van der Waals surface area (Å²) in [6.07, 6.45) is 18.3. The molecule has 63 valence electrons. The minimum absolute atomic E-state index is 1.08. The molecule has 0 spiro atoms. The molecular weight excluding hydrogens is 144 g/mol. The van der Waals surface area contributed by atoms with Crippen LogP contribution in [-0.2, 0) is 0 Å². The predicted octanol–water partition coefficient (Wildman–Crippen LogP) is 3.61. The van der Waals surface area contributed by atoms with Gasteiger partial charge in [0.25, 0.3) is 0 Å². The topological polar surface area (TPSA) is 0 Å². The minimum atomic E-state index is 1.08. The fraction of sp³-hybridized carbons (Fsp3) is 0.167. The SMILES string of the molecule is [CH]=CC=CC=CC=CC=CCC. The summed E-state index contributed by atoms with van der Waals surface area (Å²) in [5.41, 5.74) is 0. The first-order valence-corrected chi connectivity index (χ1v) is 4.12. The molecule has 0 saturated carbocycles. The van der Waals surface area contributed by atoms with Gasteiger partial charge in [0.1, 0.15) is 0 Å². The van der Waals surface area contributed by atoms with E-state index in [1.807, 2.05) is 36.5 Å². The molecule has 0 bridgehead atoms. The molecule has 0 fully saturated rings. The zero-order valence-electron chi connectivity index (χ0n) is 7.48. The predicted molar refractivity (Wildman–Crippen MR) is 55.7 cm³/mol. The smallest absolute Gasteiger partial charge is 0.0376 e. The van der Waals surface area contributed by atoms with E-state index in [0.29, 0.717) is 0 Å². The molecule has 0 aliphatic carbocycles. The van der Waals surface area contributed by atoms with Crippen LogP contribution in [0.3, 0.4) is 0 Å². The maximum atomic E-state index is 5.13. The summed E-state index contributed by atoms with van der Waals surface area (Å²) in [6, 6.07) is 0. The molecule has 0 atom stereocenters. The molecule has 0 heterocycles. The van der Waals surface area contributed by atoms with Crippen LogP contribution in [0.4, 0.5) is 0 Å². The van der Waals surface area contributed by atoms with E-state index < -0.39 is 0 Å². The number of hydrogen-bond donors (Lipinski definition) is 0. The molecular formula is C12H15. The van der Waals surface area contributed by atoms with Crippen LogP contribution in [0.2, 0.25) is 0 Å². The van der Waals surface area contributed by atoms with Gasteiger partial charge in [-0.3, -0.25) is 0 Å². The van der Waals surface area contributed by atoms with Gasteiger partial charge in [-0.15, -0.1) is 0 Å². The largest absolute Gasteiger partial charge is 0.0848 e. The zero-order valence-corrected chi connectivity index (χ0v) is 7.48. The third-order valence-corrected chi connectivity index (χ3v) is 1.15. The van der Waals surface area contributed by atoms with Crippen molar-refractivity contribution in [1.82, 2.24) is 0 Å². The van der Waals surface area contributed by atoms with Gasteiger partial charge < -0.3 is 0 Å². The van der Waals surface area contributed by atoms with Gasteiger partial charge in [0.05, 0.1) is 0 Å². The van der Waals surface area contributed by atoms with E-state index in [1.165, 1.54) is 6.08 Å². The molecule has 0 amide bonds. The fourth-order valence-electron chi connectivity index (χ4n) is 0.600. The van der Waals surface area contributed by atoms with Crippen molar-refractivity contribution in [3.05, 3.63) is 61.3 Å². The summed E-state index contributed by atoms with van der Waals surface area (Å²) in [4.78, 5) is 0. The average Bonchev–Trinajstić information content (AvgIpc) is 2.10. The highest BCUT2D eigenvalue weighted by Crippen LogP contribution is 1.84. The van der Waals surface area contributed by atoms with Crippen molar-refractivity contribution in [2.75, 3.05) is 0 Å². The van der Waals surface area contributed by atoms with Gasteiger partial charge in [-0.25, -0.2) is 0 Å². The van der Waals surface area contributed by atoms with Gasteiger partial charge >= 0.3 is 0 Å². The molecule has 0 rings (SSSR count). The van der Waals surface area contributed by atoms with Crippen LogP contribution in [0.15, 0.2) is 54.7 Å². The third-order valence-electron chi connectivity index (χ3n) is 1.15.